The molecule has 0 aliphatic heterocycles. The number of carbonyl (C=O) groups is 2. The van der Waals surface area contributed by atoms with E-state index in [1.54, 1.807) is 10.9 Å². The number of aryl methyl sites for hydroxylation is 1. The number of aromatic nitrogens is 2. The van der Waals surface area contributed by atoms with E-state index in [1.165, 1.54) is 0 Å². The van der Waals surface area contributed by atoms with E-state index in [-0.39, 0.29) is 24.9 Å². The third kappa shape index (κ3) is 6.60. The van der Waals surface area contributed by atoms with E-state index < -0.39 is 17.2 Å². The normalized spacial score (nSPS) is 14.2. The number of rotatable bonds is 6. The SMILES string of the molecule is Cc1cnn(CC(=O)N[C@](C)(CNC(=O)OC(C)(C)C)C(C)C)c1. The van der Waals surface area contributed by atoms with Gasteiger partial charge in [-0.25, -0.2) is 4.79 Å². The van der Waals surface area contributed by atoms with Gasteiger partial charge in [-0.15, -0.1) is 0 Å². The molecule has 0 unspecified atom stereocenters. The standard InChI is InChI=1S/C17H30N4O3/c1-12(2)17(7,11-18-15(23)24-16(4,5)6)20-14(22)10-21-9-13(3)8-19-21/h8-9,12H,10-11H2,1-7H3,(H,18,23)(H,20,22)/t17-/m1/s1. The summed E-state index contributed by atoms with van der Waals surface area (Å²) in [6, 6.07) is 0. The Hall–Kier alpha value is -2.05. The lowest BCUT2D eigenvalue weighted by atomic mass is 9.88. The van der Waals surface area contributed by atoms with E-state index in [0.29, 0.717) is 0 Å². The number of amides is 2. The Morgan fingerprint density at radius 2 is 1.92 bits per heavy atom. The van der Waals surface area contributed by atoms with Crippen molar-refractivity contribution in [2.75, 3.05) is 6.54 Å². The minimum Gasteiger partial charge on any atom is -0.444 e. The number of hydrogen-bond acceptors (Lipinski definition) is 4. The van der Waals surface area contributed by atoms with Crippen molar-refractivity contribution in [3.8, 4) is 0 Å². The minimum absolute atomic E-state index is 0.121. The van der Waals surface area contributed by atoms with Crippen molar-refractivity contribution in [1.82, 2.24) is 20.4 Å². The second-order valence-electron chi connectivity index (χ2n) is 7.69. The summed E-state index contributed by atoms with van der Waals surface area (Å²) in [5.74, 6) is -0.0315. The summed E-state index contributed by atoms with van der Waals surface area (Å²) in [5.41, 5.74) is -0.142. The molecule has 0 radical (unpaired) electrons. The molecule has 1 atom stereocenters. The average Bonchev–Trinajstić information content (AvgIpc) is 2.79. The molecule has 1 heterocycles. The second kappa shape index (κ2) is 7.68. The Kier molecular flexibility index (Phi) is 6.40. The molecular weight excluding hydrogens is 308 g/mol. The number of nitrogens with one attached hydrogen (secondary N) is 2. The van der Waals surface area contributed by atoms with Crippen molar-refractivity contribution in [3.63, 3.8) is 0 Å². The summed E-state index contributed by atoms with van der Waals surface area (Å²) >= 11 is 0. The lowest BCUT2D eigenvalue weighted by Crippen LogP contribution is -2.57. The average molecular weight is 338 g/mol. The Morgan fingerprint density at radius 3 is 2.38 bits per heavy atom. The Bertz CT molecular complexity index is 575. The van der Waals surface area contributed by atoms with Crippen LogP contribution in [0.25, 0.3) is 0 Å². The zero-order valence-corrected chi connectivity index (χ0v) is 15.8. The topological polar surface area (TPSA) is 85.3 Å². The number of nitrogens with zero attached hydrogens (tertiary/aromatic N) is 2. The molecule has 1 rings (SSSR count). The van der Waals surface area contributed by atoms with Crippen molar-refractivity contribution in [2.24, 2.45) is 5.92 Å². The van der Waals surface area contributed by atoms with Gasteiger partial charge >= 0.3 is 6.09 Å². The largest absolute Gasteiger partial charge is 0.444 e. The van der Waals surface area contributed by atoms with Crippen LogP contribution in [0.15, 0.2) is 12.4 Å². The molecule has 0 aromatic carbocycles. The van der Waals surface area contributed by atoms with Crippen molar-refractivity contribution in [2.45, 2.75) is 66.2 Å². The first-order valence-corrected chi connectivity index (χ1v) is 8.18. The van der Waals surface area contributed by atoms with Crippen LogP contribution in [0.5, 0.6) is 0 Å². The van der Waals surface area contributed by atoms with Crippen LogP contribution in [-0.4, -0.2) is 39.5 Å². The van der Waals surface area contributed by atoms with Crippen molar-refractivity contribution in [1.29, 1.82) is 0 Å². The molecule has 0 fully saturated rings. The van der Waals surface area contributed by atoms with Gasteiger partial charge in [-0.05, 0) is 46.1 Å². The van der Waals surface area contributed by atoms with Crippen LogP contribution in [0, 0.1) is 12.8 Å². The predicted molar refractivity (Wildman–Crippen MR) is 92.6 cm³/mol. The van der Waals surface area contributed by atoms with E-state index in [0.717, 1.165) is 5.56 Å². The molecule has 136 valence electrons. The van der Waals surface area contributed by atoms with Crippen LogP contribution in [0.2, 0.25) is 0 Å². The Labute approximate surface area is 144 Å². The Balaban J connectivity index is 2.63. The molecular formula is C17H30N4O3. The van der Waals surface area contributed by atoms with Crippen LogP contribution < -0.4 is 10.6 Å². The van der Waals surface area contributed by atoms with E-state index in [9.17, 15) is 9.59 Å². The van der Waals surface area contributed by atoms with Crippen LogP contribution in [0.3, 0.4) is 0 Å². The number of ether oxygens (including phenoxy) is 1. The summed E-state index contributed by atoms with van der Waals surface area (Å²) in [7, 11) is 0. The van der Waals surface area contributed by atoms with Gasteiger partial charge in [0.25, 0.3) is 0 Å². The lowest BCUT2D eigenvalue weighted by molar-refractivity contribution is -0.124. The summed E-state index contributed by atoms with van der Waals surface area (Å²) in [4.78, 5) is 24.1. The van der Waals surface area contributed by atoms with Crippen molar-refractivity contribution >= 4 is 12.0 Å². The van der Waals surface area contributed by atoms with Crippen LogP contribution in [0.4, 0.5) is 4.79 Å². The van der Waals surface area contributed by atoms with Crippen LogP contribution >= 0.6 is 0 Å². The highest BCUT2D eigenvalue weighted by Gasteiger charge is 2.31. The molecule has 0 bridgehead atoms. The molecule has 0 aliphatic rings. The first kappa shape index (κ1) is 20.0. The van der Waals surface area contributed by atoms with Gasteiger partial charge in [-0.3, -0.25) is 9.48 Å². The fraction of sp³-hybridized carbons (Fsp3) is 0.706. The molecule has 0 spiro atoms. The predicted octanol–water partition coefficient (Wildman–Crippen LogP) is 2.25. The summed E-state index contributed by atoms with van der Waals surface area (Å²) in [6.07, 6.45) is 3.02. The summed E-state index contributed by atoms with van der Waals surface area (Å²) in [5, 5.41) is 9.85. The van der Waals surface area contributed by atoms with Crippen LogP contribution in [-0.2, 0) is 16.1 Å². The molecule has 2 N–H and O–H groups in total. The molecule has 0 aliphatic carbocycles. The van der Waals surface area contributed by atoms with Gasteiger partial charge in [-0.1, -0.05) is 13.8 Å². The number of alkyl carbamates (subject to hydrolysis) is 1. The molecule has 2 amide bonds. The molecule has 7 nitrogen and oxygen atoms in total. The van der Waals surface area contributed by atoms with Gasteiger partial charge in [0.15, 0.2) is 0 Å². The van der Waals surface area contributed by atoms with Crippen LogP contribution in [0.1, 0.15) is 47.1 Å². The molecule has 1 aromatic rings. The maximum Gasteiger partial charge on any atom is 0.407 e. The van der Waals surface area contributed by atoms with Gasteiger partial charge < -0.3 is 15.4 Å². The highest BCUT2D eigenvalue weighted by Crippen LogP contribution is 2.16. The van der Waals surface area contributed by atoms with E-state index >= 15 is 0 Å². The maximum atomic E-state index is 12.3. The Morgan fingerprint density at radius 1 is 1.29 bits per heavy atom. The highest BCUT2D eigenvalue weighted by atomic mass is 16.6. The molecule has 7 heteroatoms. The highest BCUT2D eigenvalue weighted by molar-refractivity contribution is 5.76. The quantitative estimate of drug-likeness (QED) is 0.833. The molecule has 0 saturated heterocycles. The third-order valence-corrected chi connectivity index (χ3v) is 3.77. The summed E-state index contributed by atoms with van der Waals surface area (Å²) in [6.45, 7) is 13.7. The number of carbonyl (C=O) groups excluding carboxylic acids is 2. The van der Waals surface area contributed by atoms with Gasteiger partial charge in [-0.2, -0.15) is 5.10 Å². The zero-order valence-electron chi connectivity index (χ0n) is 15.8. The minimum atomic E-state index is -0.587. The van der Waals surface area contributed by atoms with Gasteiger partial charge in [0, 0.05) is 12.7 Å². The van der Waals surface area contributed by atoms with Crippen molar-refractivity contribution < 1.29 is 14.3 Å². The first-order chi connectivity index (χ1) is 10.9. The third-order valence-electron chi connectivity index (χ3n) is 3.77. The second-order valence-corrected chi connectivity index (χ2v) is 7.69. The molecule has 24 heavy (non-hydrogen) atoms. The lowest BCUT2D eigenvalue weighted by Gasteiger charge is -2.35. The van der Waals surface area contributed by atoms with Gasteiger partial charge in [0.1, 0.15) is 12.1 Å². The maximum absolute atomic E-state index is 12.3. The van der Waals surface area contributed by atoms with Gasteiger partial charge in [0.2, 0.25) is 5.91 Å². The van der Waals surface area contributed by atoms with E-state index in [1.807, 2.05) is 54.7 Å². The smallest absolute Gasteiger partial charge is 0.407 e. The zero-order chi connectivity index (χ0) is 18.5. The molecule has 1 aromatic heterocycles. The fourth-order valence-electron chi connectivity index (χ4n) is 2.02. The van der Waals surface area contributed by atoms with Gasteiger partial charge in [0.05, 0.1) is 11.7 Å². The van der Waals surface area contributed by atoms with E-state index in [2.05, 4.69) is 15.7 Å². The van der Waals surface area contributed by atoms with E-state index in [4.69, 9.17) is 4.74 Å². The molecule has 0 saturated carbocycles. The fourth-order valence-corrected chi connectivity index (χ4v) is 2.02. The first-order valence-electron chi connectivity index (χ1n) is 8.18. The number of hydrogen-bond donors (Lipinski definition) is 2. The summed E-state index contributed by atoms with van der Waals surface area (Å²) < 4.78 is 6.83. The van der Waals surface area contributed by atoms with Crippen molar-refractivity contribution in [3.05, 3.63) is 18.0 Å². The monoisotopic (exact) mass is 338 g/mol.